The molecule has 0 amide bonds. The second kappa shape index (κ2) is 2.71. The summed E-state index contributed by atoms with van der Waals surface area (Å²) in [5.41, 5.74) is -0.165. The van der Waals surface area contributed by atoms with Crippen LogP contribution in [0.2, 0.25) is 0 Å². The van der Waals surface area contributed by atoms with E-state index in [4.69, 9.17) is 5.26 Å². The standard InChI is InChI=1S/C7H12N/c1-4-5-7(2,3)6-8/h1,4-5H2,2-3H3. The highest BCUT2D eigenvalue weighted by molar-refractivity contribution is 4.91. The van der Waals surface area contributed by atoms with Crippen molar-refractivity contribution < 1.29 is 0 Å². The first kappa shape index (κ1) is 7.49. The highest BCUT2D eigenvalue weighted by Crippen LogP contribution is 2.19. The molecule has 0 aromatic rings. The van der Waals surface area contributed by atoms with Crippen molar-refractivity contribution in [3.05, 3.63) is 6.92 Å². The Balaban J connectivity index is 3.59. The lowest BCUT2D eigenvalue weighted by atomic mass is 9.90. The predicted octanol–water partition coefficient (Wildman–Crippen LogP) is 2.15. The number of nitrogens with zero attached hydrogens (tertiary/aromatic N) is 1. The lowest BCUT2D eigenvalue weighted by Crippen LogP contribution is -2.05. The summed E-state index contributed by atoms with van der Waals surface area (Å²) in [5.74, 6) is 0. The number of rotatable bonds is 2. The molecule has 0 saturated carbocycles. The van der Waals surface area contributed by atoms with Crippen LogP contribution in [0.25, 0.3) is 0 Å². The molecule has 0 fully saturated rings. The molecule has 0 N–H and O–H groups in total. The van der Waals surface area contributed by atoms with Crippen molar-refractivity contribution in [3.63, 3.8) is 0 Å². The minimum atomic E-state index is -0.165. The van der Waals surface area contributed by atoms with E-state index in [-0.39, 0.29) is 5.41 Å². The van der Waals surface area contributed by atoms with Crippen LogP contribution < -0.4 is 0 Å². The molecule has 1 heteroatoms. The summed E-state index contributed by atoms with van der Waals surface area (Å²) < 4.78 is 0. The largest absolute Gasteiger partial charge is 0.198 e. The van der Waals surface area contributed by atoms with Crippen LogP contribution in [0.5, 0.6) is 0 Å². The monoisotopic (exact) mass is 110 g/mol. The van der Waals surface area contributed by atoms with Gasteiger partial charge in [-0.2, -0.15) is 5.26 Å². The van der Waals surface area contributed by atoms with Gasteiger partial charge in [-0.25, -0.2) is 0 Å². The molecular formula is C7H12N. The van der Waals surface area contributed by atoms with E-state index in [1.807, 2.05) is 13.8 Å². The van der Waals surface area contributed by atoms with E-state index in [0.717, 1.165) is 12.8 Å². The molecule has 0 heterocycles. The number of nitriles is 1. The molecule has 1 radical (unpaired) electrons. The van der Waals surface area contributed by atoms with Crippen LogP contribution in [-0.2, 0) is 0 Å². The van der Waals surface area contributed by atoms with E-state index in [0.29, 0.717) is 0 Å². The number of hydrogen-bond donors (Lipinski definition) is 0. The molecule has 0 aliphatic rings. The van der Waals surface area contributed by atoms with Gasteiger partial charge in [0.25, 0.3) is 0 Å². The van der Waals surface area contributed by atoms with Gasteiger partial charge >= 0.3 is 0 Å². The fourth-order valence-electron chi connectivity index (χ4n) is 0.498. The van der Waals surface area contributed by atoms with Gasteiger partial charge in [0.15, 0.2) is 0 Å². The summed E-state index contributed by atoms with van der Waals surface area (Å²) in [6.45, 7) is 7.53. The Morgan fingerprint density at radius 1 is 1.62 bits per heavy atom. The third-order valence-corrected chi connectivity index (χ3v) is 1.10. The highest BCUT2D eigenvalue weighted by atomic mass is 14.3. The predicted molar refractivity (Wildman–Crippen MR) is 34.0 cm³/mol. The van der Waals surface area contributed by atoms with E-state index < -0.39 is 0 Å². The quantitative estimate of drug-likeness (QED) is 0.534. The average molecular weight is 110 g/mol. The summed E-state index contributed by atoms with van der Waals surface area (Å²) in [4.78, 5) is 0. The topological polar surface area (TPSA) is 23.8 Å². The van der Waals surface area contributed by atoms with Crippen LogP contribution in [0.4, 0.5) is 0 Å². The molecule has 8 heavy (non-hydrogen) atoms. The van der Waals surface area contributed by atoms with Crippen LogP contribution in [0, 0.1) is 23.7 Å². The molecule has 0 aliphatic carbocycles. The van der Waals surface area contributed by atoms with Crippen LogP contribution in [0.15, 0.2) is 0 Å². The van der Waals surface area contributed by atoms with Gasteiger partial charge < -0.3 is 0 Å². The smallest absolute Gasteiger partial charge is 0.0683 e. The average Bonchev–Trinajstić information content (AvgIpc) is 1.67. The lowest BCUT2D eigenvalue weighted by molar-refractivity contribution is 0.456. The Bertz CT molecular complexity index is 97.4. The minimum Gasteiger partial charge on any atom is -0.198 e. The molecule has 0 saturated heterocycles. The van der Waals surface area contributed by atoms with Gasteiger partial charge in [-0.1, -0.05) is 13.3 Å². The number of hydrogen-bond acceptors (Lipinski definition) is 1. The van der Waals surface area contributed by atoms with Crippen molar-refractivity contribution in [2.24, 2.45) is 5.41 Å². The van der Waals surface area contributed by atoms with E-state index in [9.17, 15) is 0 Å². The minimum absolute atomic E-state index is 0.165. The van der Waals surface area contributed by atoms with Crippen LogP contribution in [-0.4, -0.2) is 0 Å². The third kappa shape index (κ3) is 2.63. The van der Waals surface area contributed by atoms with Crippen molar-refractivity contribution in [2.75, 3.05) is 0 Å². The molecule has 45 valence electrons. The summed E-state index contributed by atoms with van der Waals surface area (Å²) in [5, 5.41) is 8.45. The summed E-state index contributed by atoms with van der Waals surface area (Å²) >= 11 is 0. The Morgan fingerprint density at radius 2 is 2.12 bits per heavy atom. The molecule has 0 unspecified atom stereocenters. The maximum absolute atomic E-state index is 8.45. The summed E-state index contributed by atoms with van der Waals surface area (Å²) in [7, 11) is 0. The molecule has 0 atom stereocenters. The van der Waals surface area contributed by atoms with Crippen molar-refractivity contribution >= 4 is 0 Å². The fourth-order valence-corrected chi connectivity index (χ4v) is 0.498. The zero-order valence-electron chi connectivity index (χ0n) is 5.57. The summed E-state index contributed by atoms with van der Waals surface area (Å²) in [6.07, 6.45) is 1.74. The molecule has 1 nitrogen and oxygen atoms in total. The van der Waals surface area contributed by atoms with Gasteiger partial charge in [-0.3, -0.25) is 0 Å². The van der Waals surface area contributed by atoms with Gasteiger partial charge in [0, 0.05) is 0 Å². The van der Waals surface area contributed by atoms with Gasteiger partial charge in [0.05, 0.1) is 11.5 Å². The van der Waals surface area contributed by atoms with E-state index >= 15 is 0 Å². The Labute approximate surface area is 51.3 Å². The third-order valence-electron chi connectivity index (χ3n) is 1.10. The SMILES string of the molecule is [CH2]CCC(C)(C)C#N. The van der Waals surface area contributed by atoms with Crippen LogP contribution >= 0.6 is 0 Å². The maximum Gasteiger partial charge on any atom is 0.0683 e. The van der Waals surface area contributed by atoms with Crippen LogP contribution in [0.3, 0.4) is 0 Å². The van der Waals surface area contributed by atoms with E-state index in [1.54, 1.807) is 0 Å². The lowest BCUT2D eigenvalue weighted by Gasteiger charge is -2.11. The molecule has 0 rings (SSSR count). The van der Waals surface area contributed by atoms with Crippen molar-refractivity contribution in [2.45, 2.75) is 26.7 Å². The van der Waals surface area contributed by atoms with Gasteiger partial charge in [-0.05, 0) is 20.3 Å². The molecule has 0 aromatic carbocycles. The van der Waals surface area contributed by atoms with E-state index in [2.05, 4.69) is 13.0 Å². The zero-order chi connectivity index (χ0) is 6.62. The first-order chi connectivity index (χ1) is 3.62. The second-order valence-electron chi connectivity index (χ2n) is 2.60. The second-order valence-corrected chi connectivity index (χ2v) is 2.60. The Morgan fingerprint density at radius 3 is 2.25 bits per heavy atom. The normalized spacial score (nSPS) is 10.8. The zero-order valence-corrected chi connectivity index (χ0v) is 5.57. The summed E-state index contributed by atoms with van der Waals surface area (Å²) in [6, 6.07) is 2.20. The molecular weight excluding hydrogens is 98.1 g/mol. The van der Waals surface area contributed by atoms with Crippen molar-refractivity contribution in [1.82, 2.24) is 0 Å². The Kier molecular flexibility index (Phi) is 2.54. The van der Waals surface area contributed by atoms with Gasteiger partial charge in [0.1, 0.15) is 0 Å². The van der Waals surface area contributed by atoms with Gasteiger partial charge in [-0.15, -0.1) is 0 Å². The first-order valence-electron chi connectivity index (χ1n) is 2.83. The van der Waals surface area contributed by atoms with Crippen LogP contribution in [0.1, 0.15) is 26.7 Å². The molecule has 0 bridgehead atoms. The van der Waals surface area contributed by atoms with Crippen molar-refractivity contribution in [1.29, 1.82) is 5.26 Å². The molecule has 0 spiro atoms. The first-order valence-corrected chi connectivity index (χ1v) is 2.83. The van der Waals surface area contributed by atoms with E-state index in [1.165, 1.54) is 0 Å². The Hall–Kier alpha value is -0.510. The fraction of sp³-hybridized carbons (Fsp3) is 0.714. The van der Waals surface area contributed by atoms with Gasteiger partial charge in [0.2, 0.25) is 0 Å². The highest BCUT2D eigenvalue weighted by Gasteiger charge is 2.13. The maximum atomic E-state index is 8.45. The molecule has 0 aromatic heterocycles. The molecule has 0 aliphatic heterocycles. The van der Waals surface area contributed by atoms with Crippen molar-refractivity contribution in [3.8, 4) is 6.07 Å².